The normalized spacial score (nSPS) is 16.1. The van der Waals surface area contributed by atoms with E-state index in [4.69, 9.17) is 11.6 Å². The molecule has 2 rings (SSSR count). The number of sulfonamides is 1. The van der Waals surface area contributed by atoms with E-state index in [1.807, 2.05) is 0 Å². The lowest BCUT2D eigenvalue weighted by molar-refractivity contribution is -0.121. The van der Waals surface area contributed by atoms with Gasteiger partial charge in [0.05, 0.1) is 11.9 Å². The molecule has 1 fully saturated rings. The van der Waals surface area contributed by atoms with Gasteiger partial charge in [0.1, 0.15) is 0 Å². The molecule has 7 heteroatoms. The minimum Gasteiger partial charge on any atom is -0.353 e. The number of anilines is 1. The van der Waals surface area contributed by atoms with E-state index in [-0.39, 0.29) is 24.9 Å². The molecule has 0 bridgehead atoms. The Labute approximate surface area is 143 Å². The third-order valence-corrected chi connectivity index (χ3v) is 5.44. The quantitative estimate of drug-likeness (QED) is 0.850. The van der Waals surface area contributed by atoms with Crippen molar-refractivity contribution < 1.29 is 13.2 Å². The van der Waals surface area contributed by atoms with E-state index in [1.165, 1.54) is 10.7 Å². The van der Waals surface area contributed by atoms with Gasteiger partial charge in [-0.25, -0.2) is 8.42 Å². The van der Waals surface area contributed by atoms with Gasteiger partial charge in [-0.3, -0.25) is 9.10 Å². The number of rotatable bonds is 6. The Hall–Kier alpha value is -1.27. The fraction of sp³-hybridized carbons (Fsp3) is 0.562. The lowest BCUT2D eigenvalue weighted by Crippen LogP contribution is -2.39. The number of benzene rings is 1. The van der Waals surface area contributed by atoms with Crippen molar-refractivity contribution in [2.24, 2.45) is 0 Å². The molecular formula is C16H23ClN2O3S. The molecule has 5 nitrogen and oxygen atoms in total. The molecule has 0 spiro atoms. The van der Waals surface area contributed by atoms with Crippen LogP contribution in [0, 0.1) is 0 Å². The van der Waals surface area contributed by atoms with Gasteiger partial charge in [-0.15, -0.1) is 0 Å². The number of carbonyl (C=O) groups is 1. The molecule has 23 heavy (non-hydrogen) atoms. The minimum atomic E-state index is -3.47. The molecule has 0 aliphatic heterocycles. The van der Waals surface area contributed by atoms with Gasteiger partial charge >= 0.3 is 0 Å². The molecule has 1 amide bonds. The van der Waals surface area contributed by atoms with Crippen LogP contribution < -0.4 is 9.62 Å². The minimum absolute atomic E-state index is 0.104. The molecule has 1 saturated carbocycles. The van der Waals surface area contributed by atoms with E-state index in [0.717, 1.165) is 31.9 Å². The maximum Gasteiger partial charge on any atom is 0.232 e. The lowest BCUT2D eigenvalue weighted by Gasteiger charge is -2.25. The van der Waals surface area contributed by atoms with Crippen molar-refractivity contribution >= 4 is 33.2 Å². The van der Waals surface area contributed by atoms with Crippen LogP contribution in [0.5, 0.6) is 0 Å². The molecule has 128 valence electrons. The molecule has 1 aliphatic rings. The summed E-state index contributed by atoms with van der Waals surface area (Å²) in [5.74, 6) is -0.104. The van der Waals surface area contributed by atoms with E-state index >= 15 is 0 Å². The lowest BCUT2D eigenvalue weighted by atomic mass is 9.95. The smallest absolute Gasteiger partial charge is 0.232 e. The van der Waals surface area contributed by atoms with Gasteiger partial charge in [-0.05, 0) is 31.0 Å². The van der Waals surface area contributed by atoms with E-state index < -0.39 is 10.0 Å². The third-order valence-electron chi connectivity index (χ3n) is 4.01. The summed E-state index contributed by atoms with van der Waals surface area (Å²) in [7, 11) is -3.47. The highest BCUT2D eigenvalue weighted by molar-refractivity contribution is 7.92. The van der Waals surface area contributed by atoms with Gasteiger partial charge in [0.2, 0.25) is 15.9 Å². The monoisotopic (exact) mass is 358 g/mol. The van der Waals surface area contributed by atoms with Gasteiger partial charge < -0.3 is 5.32 Å². The van der Waals surface area contributed by atoms with Crippen LogP contribution in [0.15, 0.2) is 24.3 Å². The largest absolute Gasteiger partial charge is 0.353 e. The number of hydrogen-bond acceptors (Lipinski definition) is 3. The molecule has 1 aromatic carbocycles. The molecule has 0 saturated heterocycles. The Bertz CT molecular complexity index is 642. The van der Waals surface area contributed by atoms with E-state index in [9.17, 15) is 13.2 Å². The van der Waals surface area contributed by atoms with Crippen molar-refractivity contribution in [1.82, 2.24) is 5.32 Å². The molecule has 1 N–H and O–H groups in total. The second kappa shape index (κ2) is 8.02. The molecule has 0 atom stereocenters. The zero-order valence-electron chi connectivity index (χ0n) is 13.3. The zero-order chi connectivity index (χ0) is 16.9. The standard InChI is InChI=1S/C16H23ClN2O3S/c1-23(21,22)19(15-9-5-6-13(17)12-15)11-10-16(20)18-14-7-3-2-4-8-14/h5-6,9,12,14H,2-4,7-8,10-11H2,1H3,(H,18,20). The van der Waals surface area contributed by atoms with Crippen LogP contribution in [0.1, 0.15) is 38.5 Å². The summed E-state index contributed by atoms with van der Waals surface area (Å²) < 4.78 is 25.2. The third kappa shape index (κ3) is 5.70. The van der Waals surface area contributed by atoms with E-state index in [2.05, 4.69) is 5.32 Å². The van der Waals surface area contributed by atoms with Crippen LogP contribution in [0.4, 0.5) is 5.69 Å². The van der Waals surface area contributed by atoms with Crippen molar-refractivity contribution in [1.29, 1.82) is 0 Å². The maximum atomic E-state index is 12.1. The Kier molecular flexibility index (Phi) is 6.30. The maximum absolute atomic E-state index is 12.1. The van der Waals surface area contributed by atoms with Crippen LogP contribution in [-0.4, -0.2) is 33.2 Å². The molecular weight excluding hydrogens is 336 g/mol. The van der Waals surface area contributed by atoms with Crippen molar-refractivity contribution in [3.63, 3.8) is 0 Å². The summed E-state index contributed by atoms with van der Waals surface area (Å²) in [5.41, 5.74) is 0.477. The Morgan fingerprint density at radius 1 is 1.30 bits per heavy atom. The summed E-state index contributed by atoms with van der Waals surface area (Å²) in [5, 5.41) is 3.46. The Morgan fingerprint density at radius 2 is 2.00 bits per heavy atom. The Balaban J connectivity index is 1.97. The number of halogens is 1. The topological polar surface area (TPSA) is 66.5 Å². The zero-order valence-corrected chi connectivity index (χ0v) is 14.9. The van der Waals surface area contributed by atoms with Crippen molar-refractivity contribution in [2.45, 2.75) is 44.6 Å². The number of hydrogen-bond donors (Lipinski definition) is 1. The summed E-state index contributed by atoms with van der Waals surface area (Å²) >= 11 is 5.93. The van der Waals surface area contributed by atoms with Crippen LogP contribution in [0.25, 0.3) is 0 Å². The first-order valence-corrected chi connectivity index (χ1v) is 10.1. The molecule has 1 aliphatic carbocycles. The fourth-order valence-electron chi connectivity index (χ4n) is 2.87. The predicted octanol–water partition coefficient (Wildman–Crippen LogP) is 2.95. The van der Waals surface area contributed by atoms with Crippen LogP contribution in [0.3, 0.4) is 0 Å². The second-order valence-corrected chi connectivity index (χ2v) is 8.31. The Morgan fingerprint density at radius 3 is 2.61 bits per heavy atom. The van der Waals surface area contributed by atoms with Crippen LogP contribution >= 0.6 is 11.6 Å². The molecule has 0 aromatic heterocycles. The molecule has 1 aromatic rings. The first-order chi connectivity index (χ1) is 10.9. The number of amides is 1. The van der Waals surface area contributed by atoms with Gasteiger partial charge in [0.25, 0.3) is 0 Å². The SMILES string of the molecule is CS(=O)(=O)N(CCC(=O)NC1CCCCC1)c1cccc(Cl)c1. The predicted molar refractivity (Wildman–Crippen MR) is 93.3 cm³/mol. The average molecular weight is 359 g/mol. The fourth-order valence-corrected chi connectivity index (χ4v) is 3.97. The number of nitrogens with one attached hydrogen (secondary N) is 1. The molecule has 0 unspecified atom stereocenters. The number of carbonyl (C=O) groups excluding carboxylic acids is 1. The van der Waals surface area contributed by atoms with E-state index in [0.29, 0.717) is 10.7 Å². The van der Waals surface area contributed by atoms with Gasteiger partial charge in [-0.2, -0.15) is 0 Å². The van der Waals surface area contributed by atoms with Crippen molar-refractivity contribution in [3.8, 4) is 0 Å². The van der Waals surface area contributed by atoms with Crippen molar-refractivity contribution in [3.05, 3.63) is 29.3 Å². The summed E-state index contributed by atoms with van der Waals surface area (Å²) in [6.45, 7) is 0.109. The first kappa shape index (κ1) is 18.1. The highest BCUT2D eigenvalue weighted by atomic mass is 35.5. The molecule has 0 radical (unpaired) electrons. The summed E-state index contributed by atoms with van der Waals surface area (Å²) in [4.78, 5) is 12.1. The van der Waals surface area contributed by atoms with Crippen molar-refractivity contribution in [2.75, 3.05) is 17.1 Å². The highest BCUT2D eigenvalue weighted by Crippen LogP contribution is 2.22. The first-order valence-electron chi connectivity index (χ1n) is 7.89. The van der Waals surface area contributed by atoms with Crippen LogP contribution in [-0.2, 0) is 14.8 Å². The van der Waals surface area contributed by atoms with Crippen LogP contribution in [0.2, 0.25) is 5.02 Å². The summed E-state index contributed by atoms with van der Waals surface area (Å²) in [6.07, 6.45) is 6.80. The average Bonchev–Trinajstić information content (AvgIpc) is 2.47. The van der Waals surface area contributed by atoms with Gasteiger partial charge in [0.15, 0.2) is 0 Å². The van der Waals surface area contributed by atoms with E-state index in [1.54, 1.807) is 24.3 Å². The van der Waals surface area contributed by atoms with Gasteiger partial charge in [0, 0.05) is 24.0 Å². The van der Waals surface area contributed by atoms with Gasteiger partial charge in [-0.1, -0.05) is 36.9 Å². The highest BCUT2D eigenvalue weighted by Gasteiger charge is 2.20. The second-order valence-electron chi connectivity index (χ2n) is 5.97. The molecule has 0 heterocycles. The summed E-state index contributed by atoms with van der Waals surface area (Å²) in [6, 6.07) is 6.86. The number of nitrogens with zero attached hydrogens (tertiary/aromatic N) is 1.